The Kier molecular flexibility index (Phi) is 6.05. The van der Waals surface area contributed by atoms with E-state index >= 15 is 0 Å². The Morgan fingerprint density at radius 1 is 1.05 bits per heavy atom. The van der Waals surface area contributed by atoms with Crippen molar-refractivity contribution in [2.75, 3.05) is 0 Å². The number of imidazole rings is 1. The summed E-state index contributed by atoms with van der Waals surface area (Å²) in [7, 11) is 0. The highest BCUT2D eigenvalue weighted by Gasteiger charge is 2.57. The van der Waals surface area contributed by atoms with Crippen LogP contribution >= 0.6 is 0 Å². The molecule has 1 aromatic carbocycles. The molecule has 5 unspecified atom stereocenters. The smallest absolute Gasteiger partial charge is 0.338 e. The van der Waals surface area contributed by atoms with E-state index < -0.39 is 0 Å². The van der Waals surface area contributed by atoms with Crippen LogP contribution in [-0.4, -0.2) is 21.6 Å². The van der Waals surface area contributed by atoms with Crippen molar-refractivity contribution < 1.29 is 9.53 Å². The van der Waals surface area contributed by atoms with Crippen LogP contribution in [0, 0.1) is 28.6 Å². The highest BCUT2D eigenvalue weighted by atomic mass is 16.5. The number of ether oxygens (including phenoxy) is 1. The molecule has 2 fully saturated rings. The summed E-state index contributed by atoms with van der Waals surface area (Å²) in [5, 5.41) is 0. The third-order valence-corrected chi connectivity index (χ3v) is 10.5. The molecular weight excluding hydrogens is 456 g/mol. The Bertz CT molecular complexity index is 1340. The number of hydrogen-bond donors (Lipinski definition) is 0. The van der Waals surface area contributed by atoms with E-state index in [0.717, 1.165) is 37.6 Å². The number of rotatable bonds is 4. The molecule has 1 heterocycles. The Morgan fingerprint density at radius 3 is 2.68 bits per heavy atom. The fourth-order valence-electron chi connectivity index (χ4n) is 8.48. The van der Waals surface area contributed by atoms with E-state index in [9.17, 15) is 4.79 Å². The van der Waals surface area contributed by atoms with Crippen molar-refractivity contribution in [1.29, 1.82) is 0 Å². The van der Waals surface area contributed by atoms with Gasteiger partial charge in [-0.3, -0.25) is 0 Å². The first kappa shape index (κ1) is 24.5. The second-order valence-corrected chi connectivity index (χ2v) is 12.2. The van der Waals surface area contributed by atoms with Crippen molar-refractivity contribution >= 4 is 22.7 Å². The first-order valence-corrected chi connectivity index (χ1v) is 14.2. The normalized spacial score (nSPS) is 35.5. The molecular formula is C33H40N2O2. The minimum atomic E-state index is -0.187. The van der Waals surface area contributed by atoms with Crippen LogP contribution in [0.2, 0.25) is 0 Å². The van der Waals surface area contributed by atoms with Gasteiger partial charge in [0, 0.05) is 17.5 Å². The van der Waals surface area contributed by atoms with Crippen molar-refractivity contribution in [3.8, 4) is 0 Å². The summed E-state index contributed by atoms with van der Waals surface area (Å²) < 4.78 is 8.36. The summed E-state index contributed by atoms with van der Waals surface area (Å²) in [6.07, 6.45) is 20.4. The Labute approximate surface area is 221 Å². The maximum absolute atomic E-state index is 12.7. The van der Waals surface area contributed by atoms with Crippen LogP contribution in [0.25, 0.3) is 16.7 Å². The number of allylic oxidation sites excluding steroid dienone is 5. The molecule has 4 aliphatic carbocycles. The van der Waals surface area contributed by atoms with Crippen molar-refractivity contribution in [3.63, 3.8) is 0 Å². The Hall–Kier alpha value is -2.88. The van der Waals surface area contributed by atoms with Crippen LogP contribution in [0.3, 0.4) is 0 Å². The number of hydrogen-bond acceptors (Lipinski definition) is 3. The quantitative estimate of drug-likeness (QED) is 0.187. The van der Waals surface area contributed by atoms with Gasteiger partial charge in [0.15, 0.2) is 0 Å². The molecule has 0 amide bonds. The number of aromatic nitrogens is 2. The molecule has 1 aromatic heterocycles. The molecule has 0 aliphatic heterocycles. The van der Waals surface area contributed by atoms with Crippen LogP contribution < -0.4 is 0 Å². The largest absolute Gasteiger partial charge is 0.458 e. The summed E-state index contributed by atoms with van der Waals surface area (Å²) >= 11 is 0. The topological polar surface area (TPSA) is 44.1 Å². The molecule has 0 spiro atoms. The SMILES string of the molecule is C/C=C\C(=C/C)C(=O)OC1CC[C@@]2(C)C(=CCC3C4CC=C(n5cnc6ccccc65)C4(C)CCC32)C1. The second kappa shape index (κ2) is 9.15. The fourth-order valence-corrected chi connectivity index (χ4v) is 8.48. The molecule has 2 saturated carbocycles. The summed E-state index contributed by atoms with van der Waals surface area (Å²) in [6.45, 7) is 8.86. The Morgan fingerprint density at radius 2 is 1.86 bits per heavy atom. The van der Waals surface area contributed by atoms with Crippen LogP contribution in [0.1, 0.15) is 72.6 Å². The van der Waals surface area contributed by atoms with E-state index in [-0.39, 0.29) is 22.9 Å². The third-order valence-electron chi connectivity index (χ3n) is 10.5. The molecule has 4 heteroatoms. The predicted molar refractivity (Wildman–Crippen MR) is 150 cm³/mol. The number of para-hydroxylation sites is 2. The van der Waals surface area contributed by atoms with E-state index in [4.69, 9.17) is 9.72 Å². The zero-order valence-corrected chi connectivity index (χ0v) is 22.7. The Balaban J connectivity index is 1.22. The molecule has 6 atom stereocenters. The number of carbonyl (C=O) groups excluding carboxylic acids is 1. The lowest BCUT2D eigenvalue weighted by molar-refractivity contribution is -0.146. The first-order valence-electron chi connectivity index (χ1n) is 14.2. The maximum Gasteiger partial charge on any atom is 0.338 e. The molecule has 194 valence electrons. The average Bonchev–Trinajstić information content (AvgIpc) is 3.47. The lowest BCUT2D eigenvalue weighted by Crippen LogP contribution is -2.50. The van der Waals surface area contributed by atoms with Gasteiger partial charge in [0.2, 0.25) is 0 Å². The zero-order chi connectivity index (χ0) is 25.8. The summed E-state index contributed by atoms with van der Waals surface area (Å²) in [5.74, 6) is 1.90. The van der Waals surface area contributed by atoms with Gasteiger partial charge in [-0.2, -0.15) is 0 Å². The minimum Gasteiger partial charge on any atom is -0.458 e. The van der Waals surface area contributed by atoms with E-state index in [1.807, 2.05) is 38.4 Å². The van der Waals surface area contributed by atoms with Crippen molar-refractivity contribution in [1.82, 2.24) is 9.55 Å². The van der Waals surface area contributed by atoms with Crippen molar-refractivity contribution in [3.05, 3.63) is 72.1 Å². The lowest BCUT2D eigenvalue weighted by atomic mass is 9.47. The van der Waals surface area contributed by atoms with Crippen LogP contribution in [-0.2, 0) is 9.53 Å². The number of benzene rings is 1. The van der Waals surface area contributed by atoms with E-state index in [1.54, 1.807) is 5.57 Å². The second-order valence-electron chi connectivity index (χ2n) is 12.2. The van der Waals surface area contributed by atoms with Gasteiger partial charge in [0.25, 0.3) is 0 Å². The molecule has 6 rings (SSSR count). The highest BCUT2D eigenvalue weighted by molar-refractivity contribution is 5.91. The molecule has 0 N–H and O–H groups in total. The number of esters is 1. The molecule has 0 radical (unpaired) electrons. The summed E-state index contributed by atoms with van der Waals surface area (Å²) in [5.41, 5.74) is 6.36. The van der Waals surface area contributed by atoms with E-state index in [1.165, 1.54) is 24.1 Å². The van der Waals surface area contributed by atoms with Gasteiger partial charge in [0.1, 0.15) is 12.4 Å². The molecule has 4 nitrogen and oxygen atoms in total. The van der Waals surface area contributed by atoms with Gasteiger partial charge >= 0.3 is 5.97 Å². The minimum absolute atomic E-state index is 0.00768. The first-order chi connectivity index (χ1) is 17.9. The van der Waals surface area contributed by atoms with E-state index in [0.29, 0.717) is 23.3 Å². The molecule has 0 bridgehead atoms. The van der Waals surface area contributed by atoms with Gasteiger partial charge in [-0.15, -0.1) is 0 Å². The van der Waals surface area contributed by atoms with Gasteiger partial charge in [0.05, 0.1) is 16.6 Å². The highest BCUT2D eigenvalue weighted by Crippen LogP contribution is 2.65. The summed E-state index contributed by atoms with van der Waals surface area (Å²) in [6, 6.07) is 8.50. The van der Waals surface area contributed by atoms with Gasteiger partial charge < -0.3 is 9.30 Å². The summed E-state index contributed by atoms with van der Waals surface area (Å²) in [4.78, 5) is 17.4. The number of nitrogens with zero attached hydrogens (tertiary/aromatic N) is 2. The maximum atomic E-state index is 12.7. The van der Waals surface area contributed by atoms with Crippen LogP contribution in [0.4, 0.5) is 0 Å². The number of carbonyl (C=O) groups is 1. The van der Waals surface area contributed by atoms with Gasteiger partial charge in [-0.1, -0.05) is 61.9 Å². The van der Waals surface area contributed by atoms with Gasteiger partial charge in [-0.25, -0.2) is 9.78 Å². The third kappa shape index (κ3) is 3.78. The molecule has 4 aliphatic rings. The molecule has 0 saturated heterocycles. The lowest BCUT2D eigenvalue weighted by Gasteiger charge is -2.57. The van der Waals surface area contributed by atoms with E-state index in [2.05, 4.69) is 54.8 Å². The average molecular weight is 497 g/mol. The number of fused-ring (bicyclic) bond motifs is 6. The monoisotopic (exact) mass is 496 g/mol. The van der Waals surface area contributed by atoms with Crippen molar-refractivity contribution in [2.45, 2.75) is 78.7 Å². The molecule has 37 heavy (non-hydrogen) atoms. The van der Waals surface area contributed by atoms with Crippen LogP contribution in [0.5, 0.6) is 0 Å². The predicted octanol–water partition coefficient (Wildman–Crippen LogP) is 7.88. The fraction of sp³-hybridized carbons (Fsp3) is 0.515. The molecule has 2 aromatic rings. The standard InChI is InChI=1S/C33H40N2O2/c1-5-9-22(6-2)31(36)37-24-16-18-32(3)23(20-24)12-13-25-26-14-15-30(33(26,4)19-17-27(25)32)35-21-34-28-10-7-8-11-29(28)35/h5-12,15,21,24-27H,13-14,16-20H2,1-4H3/b9-5-,22-6+/t24?,25?,26?,27?,32-,33?/m0/s1. The zero-order valence-electron chi connectivity index (χ0n) is 22.7. The van der Waals surface area contributed by atoms with Gasteiger partial charge in [-0.05, 0) is 87.7 Å². The van der Waals surface area contributed by atoms with Crippen molar-refractivity contribution in [2.24, 2.45) is 28.6 Å². The van der Waals surface area contributed by atoms with Crippen LogP contribution in [0.15, 0.2) is 72.1 Å².